The summed E-state index contributed by atoms with van der Waals surface area (Å²) in [6, 6.07) is 2.24. The molecule has 1 fully saturated rings. The molecular weight excluding hydrogens is 256 g/mol. The van der Waals surface area contributed by atoms with Crippen LogP contribution in [0.15, 0.2) is 12.4 Å². The number of hydrogen-bond donors (Lipinski definition) is 3. The summed E-state index contributed by atoms with van der Waals surface area (Å²) in [7, 11) is 3.60. The summed E-state index contributed by atoms with van der Waals surface area (Å²) < 4.78 is 0. The fourth-order valence-electron chi connectivity index (χ4n) is 2.45. The largest absolute Gasteiger partial charge is 0.373 e. The van der Waals surface area contributed by atoms with Crippen LogP contribution in [0.3, 0.4) is 0 Å². The van der Waals surface area contributed by atoms with Crippen LogP contribution in [0, 0.1) is 0 Å². The summed E-state index contributed by atoms with van der Waals surface area (Å²) in [4.78, 5) is 22.2. The van der Waals surface area contributed by atoms with Crippen LogP contribution in [0.5, 0.6) is 0 Å². The maximum absolute atomic E-state index is 11.5. The van der Waals surface area contributed by atoms with Gasteiger partial charge in [0.05, 0.1) is 6.54 Å². The van der Waals surface area contributed by atoms with Gasteiger partial charge in [-0.05, 0) is 19.9 Å². The first-order valence-corrected chi connectivity index (χ1v) is 6.92. The average Bonchev–Trinajstić information content (AvgIpc) is 2.94. The Kier molecular flexibility index (Phi) is 5.11. The van der Waals surface area contributed by atoms with Crippen molar-refractivity contribution in [2.24, 2.45) is 0 Å². The molecule has 1 unspecified atom stereocenters. The lowest BCUT2D eigenvalue weighted by molar-refractivity contribution is -0.120. The number of rotatable bonds is 6. The van der Waals surface area contributed by atoms with E-state index in [0.717, 1.165) is 31.0 Å². The van der Waals surface area contributed by atoms with E-state index in [2.05, 4.69) is 30.8 Å². The number of nitrogens with one attached hydrogen (secondary N) is 3. The van der Waals surface area contributed by atoms with E-state index in [0.29, 0.717) is 19.1 Å². The van der Waals surface area contributed by atoms with Crippen LogP contribution in [0.4, 0.5) is 11.6 Å². The first-order valence-electron chi connectivity index (χ1n) is 6.92. The molecule has 0 bridgehead atoms. The third-order valence-electron chi connectivity index (χ3n) is 3.45. The predicted octanol–water partition coefficient (Wildman–Crippen LogP) is -0.177. The predicted molar refractivity (Wildman–Crippen MR) is 78.9 cm³/mol. The van der Waals surface area contributed by atoms with Gasteiger partial charge in [0.25, 0.3) is 0 Å². The molecule has 1 aliphatic rings. The lowest BCUT2D eigenvalue weighted by atomic mass is 10.2. The van der Waals surface area contributed by atoms with E-state index in [4.69, 9.17) is 0 Å². The van der Waals surface area contributed by atoms with Gasteiger partial charge in [0.1, 0.15) is 18.0 Å². The zero-order valence-corrected chi connectivity index (χ0v) is 12.0. The number of amides is 1. The summed E-state index contributed by atoms with van der Waals surface area (Å²) >= 11 is 0. The molecule has 7 nitrogen and oxygen atoms in total. The summed E-state index contributed by atoms with van der Waals surface area (Å²) in [6.45, 7) is 1.97. The molecule has 0 aliphatic carbocycles. The molecule has 3 N–H and O–H groups in total. The van der Waals surface area contributed by atoms with Gasteiger partial charge in [-0.15, -0.1) is 0 Å². The Balaban J connectivity index is 1.97. The molecule has 110 valence electrons. The van der Waals surface area contributed by atoms with Crippen LogP contribution in [-0.4, -0.2) is 55.6 Å². The normalized spacial score (nSPS) is 18.1. The summed E-state index contributed by atoms with van der Waals surface area (Å²) in [6.07, 6.45) is 3.75. The van der Waals surface area contributed by atoms with E-state index < -0.39 is 0 Å². The van der Waals surface area contributed by atoms with E-state index >= 15 is 0 Å². The van der Waals surface area contributed by atoms with Crippen molar-refractivity contribution in [1.29, 1.82) is 0 Å². The highest BCUT2D eigenvalue weighted by Crippen LogP contribution is 2.24. The van der Waals surface area contributed by atoms with Gasteiger partial charge >= 0.3 is 0 Å². The fraction of sp³-hybridized carbons (Fsp3) is 0.615. The second-order valence-corrected chi connectivity index (χ2v) is 4.84. The zero-order chi connectivity index (χ0) is 14.4. The lowest BCUT2D eigenvalue weighted by Gasteiger charge is -2.26. The molecule has 1 atom stereocenters. The number of carbonyl (C=O) groups excluding carboxylic acids is 1. The van der Waals surface area contributed by atoms with Crippen molar-refractivity contribution in [3.8, 4) is 0 Å². The third-order valence-corrected chi connectivity index (χ3v) is 3.45. The second-order valence-electron chi connectivity index (χ2n) is 4.84. The van der Waals surface area contributed by atoms with Gasteiger partial charge in [0.2, 0.25) is 5.91 Å². The van der Waals surface area contributed by atoms with E-state index in [9.17, 15) is 4.79 Å². The molecule has 1 aromatic heterocycles. The van der Waals surface area contributed by atoms with Crippen LogP contribution >= 0.6 is 0 Å². The lowest BCUT2D eigenvalue weighted by Crippen LogP contribution is -2.42. The number of carbonyl (C=O) groups is 1. The molecule has 7 heteroatoms. The highest BCUT2D eigenvalue weighted by Gasteiger charge is 2.26. The number of aromatic nitrogens is 2. The first kappa shape index (κ1) is 14.5. The van der Waals surface area contributed by atoms with Crippen molar-refractivity contribution in [1.82, 2.24) is 20.6 Å². The average molecular weight is 278 g/mol. The quantitative estimate of drug-likeness (QED) is 0.670. The van der Waals surface area contributed by atoms with Crippen LogP contribution in [0.1, 0.15) is 12.8 Å². The van der Waals surface area contributed by atoms with E-state index in [1.807, 2.05) is 13.1 Å². The Bertz CT molecular complexity index is 452. The second kappa shape index (κ2) is 7.04. The Labute approximate surface area is 119 Å². The Morgan fingerprint density at radius 3 is 3.05 bits per heavy atom. The van der Waals surface area contributed by atoms with Gasteiger partial charge in [-0.25, -0.2) is 9.97 Å². The number of anilines is 2. The van der Waals surface area contributed by atoms with Gasteiger partial charge < -0.3 is 20.9 Å². The maximum atomic E-state index is 11.5. The van der Waals surface area contributed by atoms with E-state index in [-0.39, 0.29) is 5.91 Å². The van der Waals surface area contributed by atoms with Crippen molar-refractivity contribution in [2.45, 2.75) is 18.9 Å². The molecule has 0 aromatic carbocycles. The van der Waals surface area contributed by atoms with Crippen LogP contribution in [-0.2, 0) is 4.79 Å². The molecule has 0 spiro atoms. The van der Waals surface area contributed by atoms with Gasteiger partial charge in [-0.3, -0.25) is 4.79 Å². The Hall–Kier alpha value is -1.89. The molecule has 2 heterocycles. The molecule has 2 rings (SSSR count). The fourth-order valence-corrected chi connectivity index (χ4v) is 2.45. The monoisotopic (exact) mass is 278 g/mol. The molecule has 20 heavy (non-hydrogen) atoms. The minimum Gasteiger partial charge on any atom is -0.373 e. The summed E-state index contributed by atoms with van der Waals surface area (Å²) in [5, 5.41) is 8.81. The molecule has 1 saturated heterocycles. The SMILES string of the molecule is CNCC(=O)NCC1CCCN1c1cc(NC)ncn1. The summed E-state index contributed by atoms with van der Waals surface area (Å²) in [5.41, 5.74) is 0. The van der Waals surface area contributed by atoms with Crippen LogP contribution in [0.2, 0.25) is 0 Å². The minimum absolute atomic E-state index is 0.0259. The topological polar surface area (TPSA) is 82.2 Å². The zero-order valence-electron chi connectivity index (χ0n) is 12.0. The van der Waals surface area contributed by atoms with Crippen molar-refractivity contribution in [2.75, 3.05) is 43.9 Å². The van der Waals surface area contributed by atoms with E-state index in [1.165, 1.54) is 0 Å². The van der Waals surface area contributed by atoms with E-state index in [1.54, 1.807) is 13.4 Å². The highest BCUT2D eigenvalue weighted by atomic mass is 16.1. The molecular formula is C13H22N6O. The smallest absolute Gasteiger partial charge is 0.234 e. The van der Waals surface area contributed by atoms with Gasteiger partial charge in [0.15, 0.2) is 0 Å². The van der Waals surface area contributed by atoms with Gasteiger partial charge in [-0.2, -0.15) is 0 Å². The van der Waals surface area contributed by atoms with Crippen molar-refractivity contribution >= 4 is 17.5 Å². The third kappa shape index (κ3) is 3.57. The standard InChI is InChI=1S/C13H22N6O/c1-14-8-13(20)16-7-10-4-3-5-19(10)12-6-11(15-2)17-9-18-12/h6,9-10,14H,3-5,7-8H2,1-2H3,(H,16,20)(H,15,17,18). The number of likely N-dealkylation sites (N-methyl/N-ethyl adjacent to an activating group) is 1. The van der Waals surface area contributed by atoms with Gasteiger partial charge in [-0.1, -0.05) is 0 Å². The molecule has 1 amide bonds. The van der Waals surface area contributed by atoms with Crippen LogP contribution < -0.4 is 20.9 Å². The minimum atomic E-state index is 0.0259. The maximum Gasteiger partial charge on any atom is 0.234 e. The van der Waals surface area contributed by atoms with Crippen molar-refractivity contribution in [3.05, 3.63) is 12.4 Å². The number of nitrogens with zero attached hydrogens (tertiary/aromatic N) is 3. The van der Waals surface area contributed by atoms with Crippen molar-refractivity contribution in [3.63, 3.8) is 0 Å². The summed E-state index contributed by atoms with van der Waals surface area (Å²) in [5.74, 6) is 1.74. The van der Waals surface area contributed by atoms with Crippen molar-refractivity contribution < 1.29 is 4.79 Å². The van der Waals surface area contributed by atoms with Gasteiger partial charge in [0, 0.05) is 32.2 Å². The molecule has 1 aromatic rings. The number of hydrogen-bond acceptors (Lipinski definition) is 6. The Morgan fingerprint density at radius 2 is 2.30 bits per heavy atom. The van der Waals surface area contributed by atoms with Crippen LogP contribution in [0.25, 0.3) is 0 Å². The first-order chi connectivity index (χ1) is 9.74. The molecule has 0 radical (unpaired) electrons. The molecule has 0 saturated carbocycles. The Morgan fingerprint density at radius 1 is 1.45 bits per heavy atom. The highest BCUT2D eigenvalue weighted by molar-refractivity contribution is 5.78. The molecule has 1 aliphatic heterocycles.